The first kappa shape index (κ1) is 15.4. The monoisotopic (exact) mass is 285 g/mol. The van der Waals surface area contributed by atoms with Gasteiger partial charge in [0.1, 0.15) is 5.75 Å². The normalized spacial score (nSPS) is 13.0. The SMILES string of the molecule is CC(N)Cc1cnc(Oc2cccc(C(C)(C)C)c2)nc1. The molecule has 21 heavy (non-hydrogen) atoms. The lowest BCUT2D eigenvalue weighted by atomic mass is 9.87. The average molecular weight is 285 g/mol. The zero-order valence-corrected chi connectivity index (χ0v) is 13.1. The summed E-state index contributed by atoms with van der Waals surface area (Å²) in [6.07, 6.45) is 4.29. The Morgan fingerprint density at radius 2 is 1.86 bits per heavy atom. The molecular weight excluding hydrogens is 262 g/mol. The summed E-state index contributed by atoms with van der Waals surface area (Å²) in [5, 5.41) is 0. The maximum absolute atomic E-state index is 5.76. The van der Waals surface area contributed by atoms with Crippen LogP contribution in [-0.4, -0.2) is 16.0 Å². The molecule has 1 aromatic heterocycles. The minimum Gasteiger partial charge on any atom is -0.424 e. The van der Waals surface area contributed by atoms with Crippen LogP contribution in [-0.2, 0) is 11.8 Å². The third kappa shape index (κ3) is 4.53. The van der Waals surface area contributed by atoms with Crippen LogP contribution in [0.4, 0.5) is 0 Å². The van der Waals surface area contributed by atoms with Crippen molar-refractivity contribution in [1.29, 1.82) is 0 Å². The van der Waals surface area contributed by atoms with Crippen molar-refractivity contribution in [2.45, 2.75) is 45.6 Å². The average Bonchev–Trinajstić information content (AvgIpc) is 2.40. The van der Waals surface area contributed by atoms with Crippen LogP contribution in [0.2, 0.25) is 0 Å². The fourth-order valence-corrected chi connectivity index (χ4v) is 2.00. The van der Waals surface area contributed by atoms with Crippen LogP contribution in [0.1, 0.15) is 38.8 Å². The maximum Gasteiger partial charge on any atom is 0.321 e. The molecule has 4 nitrogen and oxygen atoms in total. The van der Waals surface area contributed by atoms with E-state index in [2.05, 4.69) is 36.8 Å². The summed E-state index contributed by atoms with van der Waals surface area (Å²) in [5.41, 5.74) is 8.07. The molecule has 4 heteroatoms. The number of benzene rings is 1. The fourth-order valence-electron chi connectivity index (χ4n) is 2.00. The van der Waals surface area contributed by atoms with Crippen LogP contribution in [0, 0.1) is 0 Å². The molecule has 0 amide bonds. The standard InChI is InChI=1S/C17H23N3O/c1-12(18)8-13-10-19-16(20-11-13)21-15-7-5-6-14(9-15)17(2,3)4/h5-7,9-12H,8,18H2,1-4H3. The minimum absolute atomic E-state index is 0.0847. The Labute approximate surface area is 126 Å². The van der Waals surface area contributed by atoms with E-state index in [1.165, 1.54) is 5.56 Å². The van der Waals surface area contributed by atoms with Gasteiger partial charge in [-0.2, -0.15) is 0 Å². The van der Waals surface area contributed by atoms with E-state index >= 15 is 0 Å². The Balaban J connectivity index is 2.11. The molecule has 1 unspecified atom stereocenters. The molecule has 0 saturated heterocycles. The number of hydrogen-bond acceptors (Lipinski definition) is 4. The first-order valence-electron chi connectivity index (χ1n) is 7.19. The van der Waals surface area contributed by atoms with Crippen molar-refractivity contribution < 1.29 is 4.74 Å². The lowest BCUT2D eigenvalue weighted by Gasteiger charge is -2.19. The topological polar surface area (TPSA) is 61.0 Å². The van der Waals surface area contributed by atoms with E-state index in [4.69, 9.17) is 10.5 Å². The summed E-state index contributed by atoms with van der Waals surface area (Å²) in [6, 6.07) is 8.48. The van der Waals surface area contributed by atoms with Crippen molar-refractivity contribution in [2.24, 2.45) is 5.73 Å². The second-order valence-electron chi connectivity index (χ2n) is 6.44. The van der Waals surface area contributed by atoms with Crippen LogP contribution in [0.25, 0.3) is 0 Å². The molecule has 2 aromatic rings. The molecule has 0 fully saturated rings. The summed E-state index contributed by atoms with van der Waals surface area (Å²) in [4.78, 5) is 8.46. The van der Waals surface area contributed by atoms with Crippen molar-refractivity contribution in [2.75, 3.05) is 0 Å². The molecule has 112 valence electrons. The summed E-state index contributed by atoms with van der Waals surface area (Å²) in [7, 11) is 0. The van der Waals surface area contributed by atoms with E-state index in [1.807, 2.05) is 25.1 Å². The largest absolute Gasteiger partial charge is 0.424 e. The Morgan fingerprint density at radius 3 is 2.43 bits per heavy atom. The van der Waals surface area contributed by atoms with Gasteiger partial charge in [0.15, 0.2) is 0 Å². The Hall–Kier alpha value is -1.94. The maximum atomic E-state index is 5.76. The molecule has 1 heterocycles. The van der Waals surface area contributed by atoms with Gasteiger partial charge < -0.3 is 10.5 Å². The quantitative estimate of drug-likeness (QED) is 0.934. The molecule has 2 N–H and O–H groups in total. The highest BCUT2D eigenvalue weighted by atomic mass is 16.5. The molecule has 0 bridgehead atoms. The van der Waals surface area contributed by atoms with Gasteiger partial charge in [0.25, 0.3) is 0 Å². The van der Waals surface area contributed by atoms with Crippen molar-refractivity contribution in [3.63, 3.8) is 0 Å². The van der Waals surface area contributed by atoms with Gasteiger partial charge in [0, 0.05) is 18.4 Å². The van der Waals surface area contributed by atoms with Gasteiger partial charge in [-0.1, -0.05) is 32.9 Å². The molecule has 0 aliphatic heterocycles. The molecule has 1 atom stereocenters. The third-order valence-electron chi connectivity index (χ3n) is 3.15. The van der Waals surface area contributed by atoms with Gasteiger partial charge in [-0.05, 0) is 42.0 Å². The minimum atomic E-state index is 0.0847. The molecule has 0 saturated carbocycles. The molecule has 1 aromatic carbocycles. The predicted octanol–water partition coefficient (Wildman–Crippen LogP) is 3.46. The summed E-state index contributed by atoms with van der Waals surface area (Å²) >= 11 is 0. The lowest BCUT2D eigenvalue weighted by Crippen LogP contribution is -2.17. The highest BCUT2D eigenvalue weighted by Gasteiger charge is 2.14. The van der Waals surface area contributed by atoms with Gasteiger partial charge in [-0.3, -0.25) is 0 Å². The molecule has 0 spiro atoms. The predicted molar refractivity (Wildman–Crippen MR) is 84.6 cm³/mol. The van der Waals surface area contributed by atoms with E-state index in [1.54, 1.807) is 12.4 Å². The smallest absolute Gasteiger partial charge is 0.321 e. The van der Waals surface area contributed by atoms with E-state index in [0.717, 1.165) is 17.7 Å². The van der Waals surface area contributed by atoms with E-state index in [-0.39, 0.29) is 11.5 Å². The first-order valence-corrected chi connectivity index (χ1v) is 7.19. The van der Waals surface area contributed by atoms with E-state index in [0.29, 0.717) is 6.01 Å². The van der Waals surface area contributed by atoms with Crippen LogP contribution >= 0.6 is 0 Å². The Kier molecular flexibility index (Phi) is 4.58. The lowest BCUT2D eigenvalue weighted by molar-refractivity contribution is 0.438. The fraction of sp³-hybridized carbons (Fsp3) is 0.412. The van der Waals surface area contributed by atoms with Crippen molar-refractivity contribution >= 4 is 0 Å². The van der Waals surface area contributed by atoms with Gasteiger partial charge in [0.2, 0.25) is 0 Å². The summed E-state index contributed by atoms with van der Waals surface area (Å²) < 4.78 is 5.72. The highest BCUT2D eigenvalue weighted by Crippen LogP contribution is 2.27. The van der Waals surface area contributed by atoms with Gasteiger partial charge in [-0.25, -0.2) is 9.97 Å². The van der Waals surface area contributed by atoms with Gasteiger partial charge in [0.05, 0.1) is 0 Å². The van der Waals surface area contributed by atoms with E-state index in [9.17, 15) is 0 Å². The number of nitrogens with two attached hydrogens (primary N) is 1. The van der Waals surface area contributed by atoms with Crippen LogP contribution in [0.15, 0.2) is 36.7 Å². The Morgan fingerprint density at radius 1 is 1.19 bits per heavy atom. The first-order chi connectivity index (χ1) is 9.84. The van der Waals surface area contributed by atoms with Crippen LogP contribution in [0.5, 0.6) is 11.8 Å². The number of ether oxygens (including phenoxy) is 1. The second kappa shape index (κ2) is 6.22. The second-order valence-corrected chi connectivity index (χ2v) is 6.44. The van der Waals surface area contributed by atoms with Gasteiger partial charge in [-0.15, -0.1) is 0 Å². The Bertz CT molecular complexity index is 586. The van der Waals surface area contributed by atoms with E-state index < -0.39 is 0 Å². The zero-order valence-electron chi connectivity index (χ0n) is 13.1. The molecule has 0 radical (unpaired) electrons. The number of nitrogens with zero attached hydrogens (tertiary/aromatic N) is 2. The van der Waals surface area contributed by atoms with Crippen LogP contribution in [0.3, 0.4) is 0 Å². The number of aromatic nitrogens is 2. The van der Waals surface area contributed by atoms with Crippen LogP contribution < -0.4 is 10.5 Å². The molecule has 0 aliphatic carbocycles. The number of rotatable bonds is 4. The van der Waals surface area contributed by atoms with Crippen molar-refractivity contribution in [3.05, 3.63) is 47.8 Å². The number of hydrogen-bond donors (Lipinski definition) is 1. The molecule has 0 aliphatic rings. The summed E-state index contributed by atoms with van der Waals surface area (Å²) in [6.45, 7) is 8.48. The highest BCUT2D eigenvalue weighted by molar-refractivity contribution is 5.34. The third-order valence-corrected chi connectivity index (χ3v) is 3.15. The molecule has 2 rings (SSSR count). The molecular formula is C17H23N3O. The van der Waals surface area contributed by atoms with Gasteiger partial charge >= 0.3 is 6.01 Å². The van der Waals surface area contributed by atoms with Crippen molar-refractivity contribution in [3.8, 4) is 11.8 Å². The summed E-state index contributed by atoms with van der Waals surface area (Å²) in [5.74, 6) is 0.752. The zero-order chi connectivity index (χ0) is 15.5. The van der Waals surface area contributed by atoms with Crippen molar-refractivity contribution in [1.82, 2.24) is 9.97 Å².